The Bertz CT molecular complexity index is 330. The summed E-state index contributed by atoms with van der Waals surface area (Å²) in [6, 6.07) is 5.43. The maximum absolute atomic E-state index is 11.5. The second kappa shape index (κ2) is 5.61. The van der Waals surface area contributed by atoms with Crippen molar-refractivity contribution in [3.8, 4) is 0 Å². The maximum atomic E-state index is 11.5. The number of amides is 1. The van der Waals surface area contributed by atoms with Gasteiger partial charge in [-0.15, -0.1) is 0 Å². The van der Waals surface area contributed by atoms with Crippen LogP contribution >= 0.6 is 0 Å². The van der Waals surface area contributed by atoms with E-state index in [1.807, 2.05) is 12.1 Å². The SMILES string of the molecule is CC(C)(C)NCCC(=O)Nc1ccccn1. The molecule has 4 nitrogen and oxygen atoms in total. The van der Waals surface area contributed by atoms with Crippen molar-refractivity contribution in [3.05, 3.63) is 24.4 Å². The van der Waals surface area contributed by atoms with Gasteiger partial charge in [0.25, 0.3) is 0 Å². The standard InChI is InChI=1S/C12H19N3O/c1-12(2,3)14-9-7-11(16)15-10-6-4-5-8-13-10/h4-6,8,14H,7,9H2,1-3H3,(H,13,15,16). The number of nitrogens with zero attached hydrogens (tertiary/aromatic N) is 1. The molecular weight excluding hydrogens is 202 g/mol. The number of rotatable bonds is 4. The van der Waals surface area contributed by atoms with Gasteiger partial charge in [-0.05, 0) is 32.9 Å². The number of hydrogen-bond acceptors (Lipinski definition) is 3. The van der Waals surface area contributed by atoms with Crippen LogP contribution in [-0.2, 0) is 4.79 Å². The molecule has 0 fully saturated rings. The number of pyridine rings is 1. The first kappa shape index (κ1) is 12.6. The first-order valence-corrected chi connectivity index (χ1v) is 5.43. The minimum Gasteiger partial charge on any atom is -0.312 e. The van der Waals surface area contributed by atoms with Crippen molar-refractivity contribution in [2.24, 2.45) is 0 Å². The van der Waals surface area contributed by atoms with E-state index in [1.165, 1.54) is 0 Å². The number of carbonyl (C=O) groups excluding carboxylic acids is 1. The van der Waals surface area contributed by atoms with Gasteiger partial charge in [0, 0.05) is 24.7 Å². The fourth-order valence-corrected chi connectivity index (χ4v) is 1.19. The van der Waals surface area contributed by atoms with Gasteiger partial charge in [0.05, 0.1) is 0 Å². The van der Waals surface area contributed by atoms with E-state index in [0.717, 1.165) is 0 Å². The summed E-state index contributed by atoms with van der Waals surface area (Å²) in [5.41, 5.74) is 0.0469. The first-order chi connectivity index (χ1) is 7.47. The van der Waals surface area contributed by atoms with Crippen LogP contribution in [0.3, 0.4) is 0 Å². The lowest BCUT2D eigenvalue weighted by molar-refractivity contribution is -0.116. The van der Waals surface area contributed by atoms with Crippen LogP contribution in [0.1, 0.15) is 27.2 Å². The third-order valence-electron chi connectivity index (χ3n) is 1.94. The van der Waals surface area contributed by atoms with E-state index in [2.05, 4.69) is 36.4 Å². The summed E-state index contributed by atoms with van der Waals surface area (Å²) in [4.78, 5) is 15.5. The molecule has 0 unspecified atom stereocenters. The molecule has 1 heterocycles. The number of carbonyl (C=O) groups is 1. The van der Waals surface area contributed by atoms with Crippen LogP contribution in [0.15, 0.2) is 24.4 Å². The Hall–Kier alpha value is -1.42. The molecule has 4 heteroatoms. The lowest BCUT2D eigenvalue weighted by Crippen LogP contribution is -2.37. The summed E-state index contributed by atoms with van der Waals surface area (Å²) in [5, 5.41) is 6.00. The van der Waals surface area contributed by atoms with Crippen LogP contribution in [-0.4, -0.2) is 23.0 Å². The predicted molar refractivity (Wildman–Crippen MR) is 65.2 cm³/mol. The third-order valence-corrected chi connectivity index (χ3v) is 1.94. The van der Waals surface area contributed by atoms with Crippen LogP contribution in [0.5, 0.6) is 0 Å². The monoisotopic (exact) mass is 221 g/mol. The third kappa shape index (κ3) is 5.46. The molecule has 1 amide bonds. The summed E-state index contributed by atoms with van der Waals surface area (Å²) in [6.07, 6.45) is 2.11. The van der Waals surface area contributed by atoms with Crippen molar-refractivity contribution in [3.63, 3.8) is 0 Å². The van der Waals surface area contributed by atoms with Crippen molar-refractivity contribution in [2.75, 3.05) is 11.9 Å². The topological polar surface area (TPSA) is 54.0 Å². The molecule has 0 bridgehead atoms. The molecule has 1 aromatic heterocycles. The largest absolute Gasteiger partial charge is 0.312 e. The van der Waals surface area contributed by atoms with E-state index in [4.69, 9.17) is 0 Å². The summed E-state index contributed by atoms with van der Waals surface area (Å²) < 4.78 is 0. The van der Waals surface area contributed by atoms with E-state index in [-0.39, 0.29) is 11.4 Å². The normalized spacial score (nSPS) is 11.2. The first-order valence-electron chi connectivity index (χ1n) is 5.43. The molecule has 0 aliphatic carbocycles. The predicted octanol–water partition coefficient (Wildman–Crippen LogP) is 1.80. The molecule has 16 heavy (non-hydrogen) atoms. The number of aromatic nitrogens is 1. The molecular formula is C12H19N3O. The lowest BCUT2D eigenvalue weighted by atomic mass is 10.1. The molecule has 0 spiro atoms. The van der Waals surface area contributed by atoms with Gasteiger partial charge in [0.1, 0.15) is 5.82 Å². The summed E-state index contributed by atoms with van der Waals surface area (Å²) in [5.74, 6) is 0.582. The molecule has 0 atom stereocenters. The highest BCUT2D eigenvalue weighted by molar-refractivity contribution is 5.89. The van der Waals surface area contributed by atoms with Gasteiger partial charge in [-0.2, -0.15) is 0 Å². The van der Waals surface area contributed by atoms with E-state index >= 15 is 0 Å². The molecule has 0 saturated carbocycles. The van der Waals surface area contributed by atoms with Crippen LogP contribution in [0.4, 0.5) is 5.82 Å². The van der Waals surface area contributed by atoms with Crippen molar-refractivity contribution in [1.29, 1.82) is 0 Å². The number of nitrogens with one attached hydrogen (secondary N) is 2. The highest BCUT2D eigenvalue weighted by atomic mass is 16.1. The highest BCUT2D eigenvalue weighted by Crippen LogP contribution is 2.01. The van der Waals surface area contributed by atoms with E-state index in [1.54, 1.807) is 12.3 Å². The minimum absolute atomic E-state index is 0.0181. The average molecular weight is 221 g/mol. The molecule has 88 valence electrons. The van der Waals surface area contributed by atoms with Gasteiger partial charge < -0.3 is 10.6 Å². The van der Waals surface area contributed by atoms with Crippen LogP contribution in [0, 0.1) is 0 Å². The molecule has 0 aliphatic rings. The van der Waals surface area contributed by atoms with Gasteiger partial charge in [-0.3, -0.25) is 4.79 Å². The van der Waals surface area contributed by atoms with Crippen molar-refractivity contribution >= 4 is 11.7 Å². The fraction of sp³-hybridized carbons (Fsp3) is 0.500. The molecule has 1 aromatic rings. The average Bonchev–Trinajstić information content (AvgIpc) is 2.17. The number of hydrogen-bond donors (Lipinski definition) is 2. The molecule has 0 aliphatic heterocycles. The Morgan fingerprint density at radius 3 is 2.69 bits per heavy atom. The minimum atomic E-state index is -0.0181. The number of anilines is 1. The fourth-order valence-electron chi connectivity index (χ4n) is 1.19. The summed E-state index contributed by atoms with van der Waals surface area (Å²) in [7, 11) is 0. The van der Waals surface area contributed by atoms with Gasteiger partial charge >= 0.3 is 0 Å². The zero-order valence-electron chi connectivity index (χ0n) is 10.1. The van der Waals surface area contributed by atoms with Gasteiger partial charge in [-0.25, -0.2) is 4.98 Å². The molecule has 1 rings (SSSR count). The summed E-state index contributed by atoms with van der Waals surface area (Å²) >= 11 is 0. The molecule has 0 aromatic carbocycles. The van der Waals surface area contributed by atoms with E-state index in [0.29, 0.717) is 18.8 Å². The zero-order chi connectivity index (χ0) is 12.0. The van der Waals surface area contributed by atoms with Crippen LogP contribution in [0.25, 0.3) is 0 Å². The smallest absolute Gasteiger partial charge is 0.226 e. The second-order valence-electron chi connectivity index (χ2n) is 4.69. The van der Waals surface area contributed by atoms with E-state index in [9.17, 15) is 4.79 Å². The Morgan fingerprint density at radius 1 is 1.38 bits per heavy atom. The quantitative estimate of drug-likeness (QED) is 0.815. The Balaban J connectivity index is 2.27. The maximum Gasteiger partial charge on any atom is 0.226 e. The Morgan fingerprint density at radius 2 is 2.12 bits per heavy atom. The lowest BCUT2D eigenvalue weighted by Gasteiger charge is -2.20. The van der Waals surface area contributed by atoms with Crippen molar-refractivity contribution in [1.82, 2.24) is 10.3 Å². The highest BCUT2D eigenvalue weighted by Gasteiger charge is 2.09. The van der Waals surface area contributed by atoms with Gasteiger partial charge in [0.2, 0.25) is 5.91 Å². The molecule has 0 radical (unpaired) electrons. The van der Waals surface area contributed by atoms with Crippen LogP contribution in [0.2, 0.25) is 0 Å². The van der Waals surface area contributed by atoms with Crippen LogP contribution < -0.4 is 10.6 Å². The zero-order valence-corrected chi connectivity index (χ0v) is 10.1. The summed E-state index contributed by atoms with van der Waals surface area (Å²) in [6.45, 7) is 6.89. The van der Waals surface area contributed by atoms with Gasteiger partial charge in [0.15, 0.2) is 0 Å². The second-order valence-corrected chi connectivity index (χ2v) is 4.69. The van der Waals surface area contributed by atoms with Crippen molar-refractivity contribution < 1.29 is 4.79 Å². The van der Waals surface area contributed by atoms with Gasteiger partial charge in [-0.1, -0.05) is 6.07 Å². The Kier molecular flexibility index (Phi) is 4.43. The van der Waals surface area contributed by atoms with E-state index < -0.39 is 0 Å². The molecule has 2 N–H and O–H groups in total. The molecule has 0 saturated heterocycles. The Labute approximate surface area is 96.5 Å². The van der Waals surface area contributed by atoms with Crippen molar-refractivity contribution in [2.45, 2.75) is 32.7 Å².